The van der Waals surface area contributed by atoms with Crippen LogP contribution in [0, 0.1) is 19.8 Å². The lowest BCUT2D eigenvalue weighted by Gasteiger charge is -2.40. The number of amides is 1. The van der Waals surface area contributed by atoms with Crippen molar-refractivity contribution in [3.8, 4) is 0 Å². The van der Waals surface area contributed by atoms with Crippen LogP contribution in [0.5, 0.6) is 0 Å². The summed E-state index contributed by atoms with van der Waals surface area (Å²) < 4.78 is 7.81. The van der Waals surface area contributed by atoms with Crippen molar-refractivity contribution in [3.63, 3.8) is 0 Å². The van der Waals surface area contributed by atoms with Crippen LogP contribution in [0.2, 0.25) is 0 Å². The predicted molar refractivity (Wildman–Crippen MR) is 99.9 cm³/mol. The number of benzene rings is 1. The van der Waals surface area contributed by atoms with Gasteiger partial charge in [0.2, 0.25) is 5.91 Å². The first-order valence-corrected chi connectivity index (χ1v) is 9.61. The molecule has 1 aromatic carbocycles. The van der Waals surface area contributed by atoms with Gasteiger partial charge in [-0.05, 0) is 32.3 Å². The molecule has 2 fully saturated rings. The van der Waals surface area contributed by atoms with Gasteiger partial charge >= 0.3 is 0 Å². The van der Waals surface area contributed by atoms with Crippen molar-refractivity contribution in [1.82, 2.24) is 14.7 Å². The molecule has 1 aromatic heterocycles. The number of rotatable bonds is 4. The quantitative estimate of drug-likeness (QED) is 0.848. The molecule has 1 aliphatic heterocycles. The Kier molecular flexibility index (Phi) is 4.81. The van der Waals surface area contributed by atoms with Crippen LogP contribution in [0.15, 0.2) is 30.3 Å². The van der Waals surface area contributed by atoms with Crippen molar-refractivity contribution in [2.75, 3.05) is 19.8 Å². The van der Waals surface area contributed by atoms with Crippen molar-refractivity contribution in [2.24, 2.45) is 5.92 Å². The zero-order valence-electron chi connectivity index (χ0n) is 15.6. The second-order valence-corrected chi connectivity index (χ2v) is 7.48. The monoisotopic (exact) mass is 353 g/mol. The largest absolute Gasteiger partial charge is 0.377 e. The van der Waals surface area contributed by atoms with E-state index in [4.69, 9.17) is 9.84 Å². The Morgan fingerprint density at radius 3 is 2.69 bits per heavy atom. The molecule has 2 aliphatic rings. The van der Waals surface area contributed by atoms with Gasteiger partial charge in [-0.1, -0.05) is 36.8 Å². The number of nitrogens with zero attached hydrogens (tertiary/aromatic N) is 3. The van der Waals surface area contributed by atoms with Crippen molar-refractivity contribution < 1.29 is 9.53 Å². The number of carbonyl (C=O) groups excluding carboxylic acids is 1. The smallest absolute Gasteiger partial charge is 0.226 e. The van der Waals surface area contributed by atoms with E-state index in [1.54, 1.807) is 0 Å². The molecule has 5 heteroatoms. The summed E-state index contributed by atoms with van der Waals surface area (Å²) in [6.45, 7) is 6.78. The zero-order valence-corrected chi connectivity index (χ0v) is 15.6. The topological polar surface area (TPSA) is 47.4 Å². The van der Waals surface area contributed by atoms with Crippen molar-refractivity contribution in [3.05, 3.63) is 52.8 Å². The van der Waals surface area contributed by atoms with E-state index in [1.807, 2.05) is 13.0 Å². The summed E-state index contributed by atoms with van der Waals surface area (Å²) in [7, 11) is 0. The van der Waals surface area contributed by atoms with Gasteiger partial charge in [0.05, 0.1) is 31.5 Å². The predicted octanol–water partition coefficient (Wildman–Crippen LogP) is 3.25. The van der Waals surface area contributed by atoms with Crippen molar-refractivity contribution in [1.29, 1.82) is 0 Å². The van der Waals surface area contributed by atoms with Crippen LogP contribution in [0.3, 0.4) is 0 Å². The van der Waals surface area contributed by atoms with Crippen LogP contribution < -0.4 is 0 Å². The maximum Gasteiger partial charge on any atom is 0.226 e. The van der Waals surface area contributed by atoms with Gasteiger partial charge in [-0.15, -0.1) is 0 Å². The number of carbonyl (C=O) groups is 1. The van der Waals surface area contributed by atoms with Crippen LogP contribution in [0.1, 0.15) is 47.8 Å². The van der Waals surface area contributed by atoms with Crippen LogP contribution in [0.25, 0.3) is 0 Å². The molecule has 2 aromatic rings. The van der Waals surface area contributed by atoms with Gasteiger partial charge in [0.15, 0.2) is 0 Å². The summed E-state index contributed by atoms with van der Waals surface area (Å²) in [5, 5.41) is 4.78. The van der Waals surface area contributed by atoms with Crippen LogP contribution >= 0.6 is 0 Å². The fraction of sp³-hybridized carbons (Fsp3) is 0.524. The van der Waals surface area contributed by atoms with E-state index in [-0.39, 0.29) is 12.0 Å². The molecule has 1 aliphatic carbocycles. The Balaban J connectivity index is 1.62. The molecule has 1 atom stereocenters. The Morgan fingerprint density at radius 2 is 2.00 bits per heavy atom. The lowest BCUT2D eigenvalue weighted by molar-refractivity contribution is -0.147. The molecular formula is C21H27N3O2. The Morgan fingerprint density at radius 1 is 1.23 bits per heavy atom. The van der Waals surface area contributed by atoms with Crippen molar-refractivity contribution in [2.45, 2.75) is 45.7 Å². The van der Waals surface area contributed by atoms with E-state index in [0.717, 1.165) is 36.3 Å². The average Bonchev–Trinajstić information content (AvgIpc) is 2.88. The Hall–Kier alpha value is -2.14. The third kappa shape index (κ3) is 3.16. The molecule has 2 heterocycles. The summed E-state index contributed by atoms with van der Waals surface area (Å²) in [5.41, 5.74) is 4.52. The lowest BCUT2D eigenvalue weighted by atomic mass is 9.83. The minimum atomic E-state index is -0.0126. The fourth-order valence-corrected chi connectivity index (χ4v) is 4.10. The average molecular weight is 353 g/mol. The second kappa shape index (κ2) is 7.23. The number of hydrogen-bond acceptors (Lipinski definition) is 3. The number of aromatic nitrogens is 2. The van der Waals surface area contributed by atoms with Gasteiger partial charge in [-0.3, -0.25) is 9.48 Å². The molecule has 1 saturated carbocycles. The minimum absolute atomic E-state index is 0.0126. The molecule has 0 spiro atoms. The maximum atomic E-state index is 12.9. The Labute approximate surface area is 154 Å². The summed E-state index contributed by atoms with van der Waals surface area (Å²) in [6.07, 6.45) is 3.25. The lowest BCUT2D eigenvalue weighted by Crippen LogP contribution is -2.47. The van der Waals surface area contributed by atoms with Gasteiger partial charge in [0.1, 0.15) is 0 Å². The molecule has 0 radical (unpaired) electrons. The highest BCUT2D eigenvalue weighted by molar-refractivity contribution is 5.80. The summed E-state index contributed by atoms with van der Waals surface area (Å²) in [5.74, 6) is 0.523. The number of morpholine rings is 1. The first-order valence-electron chi connectivity index (χ1n) is 9.61. The summed E-state index contributed by atoms with van der Waals surface area (Å²) in [4.78, 5) is 15.0. The van der Waals surface area contributed by atoms with Crippen molar-refractivity contribution >= 4 is 5.91 Å². The molecule has 0 bridgehead atoms. The molecular weight excluding hydrogens is 326 g/mol. The minimum Gasteiger partial charge on any atom is -0.377 e. The highest BCUT2D eigenvalue weighted by Crippen LogP contribution is 2.35. The highest BCUT2D eigenvalue weighted by Gasteiger charge is 2.37. The first-order chi connectivity index (χ1) is 12.6. The number of ether oxygens (including phenoxy) is 1. The summed E-state index contributed by atoms with van der Waals surface area (Å²) >= 11 is 0. The van der Waals surface area contributed by atoms with E-state index >= 15 is 0 Å². The molecule has 1 saturated heterocycles. The number of aryl methyl sites for hydroxylation is 1. The van der Waals surface area contributed by atoms with Gasteiger partial charge in [-0.2, -0.15) is 5.10 Å². The van der Waals surface area contributed by atoms with E-state index in [2.05, 4.69) is 40.8 Å². The molecule has 5 nitrogen and oxygen atoms in total. The van der Waals surface area contributed by atoms with Crippen LogP contribution in [-0.2, 0) is 16.1 Å². The normalized spacial score (nSPS) is 20.8. The standard InChI is InChI=1S/C21H27N3O2/c1-15-20(16(2)24(22-15)13-17-7-4-3-5-8-17)19-14-26-12-11-23(19)21(25)18-9-6-10-18/h3-5,7-8,18-19H,6,9-14H2,1-2H3. The second-order valence-electron chi connectivity index (χ2n) is 7.48. The molecule has 1 unspecified atom stereocenters. The Bertz CT molecular complexity index is 780. The first kappa shape index (κ1) is 17.3. The molecule has 26 heavy (non-hydrogen) atoms. The number of hydrogen-bond donors (Lipinski definition) is 0. The summed E-state index contributed by atoms with van der Waals surface area (Å²) in [6, 6.07) is 10.4. The van der Waals surface area contributed by atoms with Crippen LogP contribution in [-0.4, -0.2) is 40.3 Å². The highest BCUT2D eigenvalue weighted by atomic mass is 16.5. The molecule has 0 N–H and O–H groups in total. The zero-order chi connectivity index (χ0) is 18.1. The van der Waals surface area contributed by atoms with Crippen LogP contribution in [0.4, 0.5) is 0 Å². The van der Waals surface area contributed by atoms with E-state index in [1.165, 1.54) is 12.0 Å². The van der Waals surface area contributed by atoms with Gasteiger partial charge < -0.3 is 9.64 Å². The third-order valence-electron chi connectivity index (χ3n) is 5.81. The molecule has 4 rings (SSSR count). The fourth-order valence-electron chi connectivity index (χ4n) is 4.10. The SMILES string of the molecule is Cc1nn(Cc2ccccc2)c(C)c1C1COCCN1C(=O)C1CCC1. The van der Waals surface area contributed by atoms with E-state index in [9.17, 15) is 4.79 Å². The molecule has 1 amide bonds. The van der Waals surface area contributed by atoms with Gasteiger partial charge in [0, 0.05) is 23.7 Å². The maximum absolute atomic E-state index is 12.9. The third-order valence-corrected chi connectivity index (χ3v) is 5.81. The van der Waals surface area contributed by atoms with E-state index in [0.29, 0.717) is 25.7 Å². The van der Waals surface area contributed by atoms with E-state index < -0.39 is 0 Å². The van der Waals surface area contributed by atoms with Gasteiger partial charge in [0.25, 0.3) is 0 Å². The molecule has 138 valence electrons. The van der Waals surface area contributed by atoms with Gasteiger partial charge in [-0.25, -0.2) is 0 Å².